The number of hydrogen-bond acceptors (Lipinski definition) is 6. The molecule has 2 fully saturated rings. The van der Waals surface area contributed by atoms with Gasteiger partial charge < -0.3 is 20.1 Å². The molecule has 1 aromatic heterocycles. The number of aryl methyl sites for hydroxylation is 1. The first-order valence-electron chi connectivity index (χ1n) is 10.9. The van der Waals surface area contributed by atoms with E-state index < -0.39 is 6.10 Å². The lowest BCUT2D eigenvalue weighted by Gasteiger charge is -2.38. The fourth-order valence-corrected chi connectivity index (χ4v) is 4.82. The van der Waals surface area contributed by atoms with Gasteiger partial charge in [0.1, 0.15) is 0 Å². The maximum atomic E-state index is 13.1. The van der Waals surface area contributed by atoms with Crippen molar-refractivity contribution < 1.29 is 19.4 Å². The molecule has 2 saturated heterocycles. The summed E-state index contributed by atoms with van der Waals surface area (Å²) in [6.45, 7) is 2.63. The van der Waals surface area contributed by atoms with E-state index in [1.165, 1.54) is 0 Å². The van der Waals surface area contributed by atoms with Crippen LogP contribution in [0, 0.1) is 0 Å². The van der Waals surface area contributed by atoms with Crippen LogP contribution >= 0.6 is 0 Å². The van der Waals surface area contributed by atoms with Gasteiger partial charge in [-0.1, -0.05) is 18.2 Å². The molecular weight excluding hydrogens is 398 g/mol. The number of benzene rings is 1. The monoisotopic (exact) mass is 429 g/mol. The summed E-state index contributed by atoms with van der Waals surface area (Å²) in [6.07, 6.45) is 1.48. The van der Waals surface area contributed by atoms with Crippen molar-refractivity contribution in [1.29, 1.82) is 0 Å². The molecule has 0 aliphatic carbocycles. The highest BCUT2D eigenvalue weighted by molar-refractivity contribution is 6.04. The van der Waals surface area contributed by atoms with Gasteiger partial charge in [-0.2, -0.15) is 5.10 Å². The first kappa shape index (κ1) is 21.7. The van der Waals surface area contributed by atoms with Gasteiger partial charge in [-0.15, -0.1) is 0 Å². The second-order valence-electron chi connectivity index (χ2n) is 8.40. The minimum atomic E-state index is -0.502. The van der Waals surface area contributed by atoms with E-state index in [9.17, 15) is 14.7 Å². The number of rotatable bonds is 6. The van der Waals surface area contributed by atoms with E-state index in [-0.39, 0.29) is 23.9 Å². The zero-order valence-corrected chi connectivity index (χ0v) is 18.2. The van der Waals surface area contributed by atoms with Gasteiger partial charge in [-0.05, 0) is 25.3 Å². The number of carbonyl (C=O) groups excluding carboxylic acids is 2. The second-order valence-corrected chi connectivity index (χ2v) is 8.40. The van der Waals surface area contributed by atoms with Crippen molar-refractivity contribution in [2.24, 2.45) is 7.05 Å². The number of aliphatic hydroxyl groups excluding tert-OH is 1. The number of methoxy groups -OCH3 is 1. The lowest BCUT2D eigenvalue weighted by atomic mass is 10.0. The molecular formula is C22H31N5O4. The van der Waals surface area contributed by atoms with E-state index in [4.69, 9.17) is 4.74 Å². The Morgan fingerprint density at radius 3 is 2.74 bits per heavy atom. The number of fused-ring (bicyclic) bond motifs is 1. The number of nitrogens with zero attached hydrogens (tertiary/aromatic N) is 4. The smallest absolute Gasteiger partial charge is 0.275 e. The van der Waals surface area contributed by atoms with Crippen LogP contribution in [0.25, 0.3) is 10.9 Å². The zero-order chi connectivity index (χ0) is 22.0. The largest absolute Gasteiger partial charge is 0.392 e. The molecule has 31 heavy (non-hydrogen) atoms. The van der Waals surface area contributed by atoms with Crippen LogP contribution in [0.1, 0.15) is 29.8 Å². The predicted octanol–water partition coefficient (Wildman–Crippen LogP) is 0.376. The average molecular weight is 430 g/mol. The Bertz CT molecular complexity index is 937. The van der Waals surface area contributed by atoms with Crippen LogP contribution in [0.4, 0.5) is 0 Å². The molecule has 3 heterocycles. The Morgan fingerprint density at radius 2 is 2.00 bits per heavy atom. The van der Waals surface area contributed by atoms with E-state index in [0.29, 0.717) is 44.9 Å². The maximum Gasteiger partial charge on any atom is 0.275 e. The molecule has 9 heteroatoms. The molecule has 0 bridgehead atoms. The summed E-state index contributed by atoms with van der Waals surface area (Å²) in [5, 5.41) is 18.4. The first-order valence-corrected chi connectivity index (χ1v) is 10.9. The van der Waals surface area contributed by atoms with E-state index in [2.05, 4.69) is 15.3 Å². The summed E-state index contributed by atoms with van der Waals surface area (Å²) in [6, 6.07) is 7.58. The number of piperidine rings is 1. The highest BCUT2D eigenvalue weighted by Crippen LogP contribution is 2.28. The van der Waals surface area contributed by atoms with Gasteiger partial charge in [0, 0.05) is 51.8 Å². The lowest BCUT2D eigenvalue weighted by Crippen LogP contribution is -2.52. The fourth-order valence-electron chi connectivity index (χ4n) is 4.82. The number of aliphatic hydroxyl groups is 1. The zero-order valence-electron chi connectivity index (χ0n) is 18.2. The van der Waals surface area contributed by atoms with Crippen molar-refractivity contribution in [1.82, 2.24) is 24.9 Å². The standard InChI is InChI=1S/C22H31N5O4/c1-25-18-6-4-3-5-17(18)20(24-25)22(30)26-10-7-15(8-11-26)27-14-16(28)13-19(27)21(29)23-9-12-31-2/h3-6,15-16,19,28H,7-14H2,1-2H3,(H,23,29)/t16-,19+/m1/s1. The van der Waals surface area contributed by atoms with Gasteiger partial charge in [0.05, 0.1) is 24.3 Å². The number of aromatic nitrogens is 2. The van der Waals surface area contributed by atoms with Crippen LogP contribution in [0.15, 0.2) is 24.3 Å². The third-order valence-electron chi connectivity index (χ3n) is 6.41. The summed E-state index contributed by atoms with van der Waals surface area (Å²) < 4.78 is 6.74. The van der Waals surface area contributed by atoms with Crippen molar-refractivity contribution in [2.75, 3.05) is 39.9 Å². The minimum absolute atomic E-state index is 0.0504. The number of ether oxygens (including phenoxy) is 1. The summed E-state index contributed by atoms with van der Waals surface area (Å²) in [7, 11) is 3.45. The Morgan fingerprint density at radius 1 is 1.26 bits per heavy atom. The number of β-amino-alcohol motifs (C(OH)–C–C–N with tert-alkyl or cyclic N) is 1. The summed E-state index contributed by atoms with van der Waals surface area (Å²) in [4.78, 5) is 29.7. The molecule has 1 aromatic carbocycles. The van der Waals surface area contributed by atoms with Crippen LogP contribution in [0.3, 0.4) is 0 Å². The number of carbonyl (C=O) groups is 2. The number of hydrogen-bond donors (Lipinski definition) is 2. The molecule has 2 aromatic rings. The molecule has 0 radical (unpaired) electrons. The third kappa shape index (κ3) is 4.44. The van der Waals surface area contributed by atoms with Gasteiger partial charge >= 0.3 is 0 Å². The summed E-state index contributed by atoms with van der Waals surface area (Å²) in [5.74, 6) is -0.113. The quantitative estimate of drug-likeness (QED) is 0.644. The SMILES string of the molecule is COCCNC(=O)[C@@H]1C[C@@H](O)CN1C1CCN(C(=O)c2nn(C)c3ccccc23)CC1. The van der Waals surface area contributed by atoms with Crippen molar-refractivity contribution in [3.63, 3.8) is 0 Å². The van der Waals surface area contributed by atoms with E-state index in [1.54, 1.807) is 11.8 Å². The van der Waals surface area contributed by atoms with Gasteiger partial charge in [0.25, 0.3) is 5.91 Å². The third-order valence-corrected chi connectivity index (χ3v) is 6.41. The number of nitrogens with one attached hydrogen (secondary N) is 1. The molecule has 2 aliphatic heterocycles. The molecule has 2 atom stereocenters. The molecule has 168 valence electrons. The van der Waals surface area contributed by atoms with Crippen LogP contribution in [-0.2, 0) is 16.6 Å². The normalized spacial score (nSPS) is 22.9. The minimum Gasteiger partial charge on any atom is -0.392 e. The van der Waals surface area contributed by atoms with Crippen LogP contribution < -0.4 is 5.32 Å². The Kier molecular flexibility index (Phi) is 6.54. The number of amides is 2. The number of likely N-dealkylation sites (tertiary alicyclic amines) is 2. The predicted molar refractivity (Wildman–Crippen MR) is 116 cm³/mol. The van der Waals surface area contributed by atoms with Gasteiger partial charge in [-0.25, -0.2) is 0 Å². The molecule has 2 N–H and O–H groups in total. The molecule has 0 saturated carbocycles. The molecule has 9 nitrogen and oxygen atoms in total. The van der Waals surface area contributed by atoms with Gasteiger partial charge in [0.2, 0.25) is 5.91 Å². The average Bonchev–Trinajstić information content (AvgIpc) is 3.34. The molecule has 4 rings (SSSR count). The van der Waals surface area contributed by atoms with Gasteiger partial charge in [0.15, 0.2) is 5.69 Å². The highest BCUT2D eigenvalue weighted by Gasteiger charge is 2.41. The molecule has 2 amide bonds. The van der Waals surface area contributed by atoms with Crippen LogP contribution in [0.2, 0.25) is 0 Å². The van der Waals surface area contributed by atoms with Gasteiger partial charge in [-0.3, -0.25) is 19.2 Å². The summed E-state index contributed by atoms with van der Waals surface area (Å²) >= 11 is 0. The molecule has 0 unspecified atom stereocenters. The Hall–Kier alpha value is -2.49. The van der Waals surface area contributed by atoms with E-state index in [0.717, 1.165) is 23.7 Å². The fraction of sp³-hybridized carbons (Fsp3) is 0.591. The number of para-hydroxylation sites is 1. The Balaban J connectivity index is 1.39. The van der Waals surface area contributed by atoms with E-state index in [1.807, 2.05) is 36.2 Å². The van der Waals surface area contributed by atoms with Crippen molar-refractivity contribution in [3.05, 3.63) is 30.0 Å². The van der Waals surface area contributed by atoms with E-state index >= 15 is 0 Å². The van der Waals surface area contributed by atoms with Crippen molar-refractivity contribution in [3.8, 4) is 0 Å². The maximum absolute atomic E-state index is 13.1. The first-order chi connectivity index (χ1) is 15.0. The molecule has 2 aliphatic rings. The van der Waals surface area contributed by atoms with Crippen molar-refractivity contribution in [2.45, 2.75) is 37.5 Å². The molecule has 0 spiro atoms. The Labute approximate surface area is 181 Å². The summed E-state index contributed by atoms with van der Waals surface area (Å²) in [5.41, 5.74) is 1.43. The highest BCUT2D eigenvalue weighted by atomic mass is 16.5. The van der Waals surface area contributed by atoms with Crippen LogP contribution in [-0.4, -0.2) is 94.6 Å². The lowest BCUT2D eigenvalue weighted by molar-refractivity contribution is -0.126. The van der Waals surface area contributed by atoms with Crippen molar-refractivity contribution >= 4 is 22.7 Å². The topological polar surface area (TPSA) is 99.9 Å². The second kappa shape index (κ2) is 9.33. The van der Waals surface area contributed by atoms with Crippen LogP contribution in [0.5, 0.6) is 0 Å².